The van der Waals surface area contributed by atoms with Gasteiger partial charge in [0.25, 0.3) is 5.91 Å². The van der Waals surface area contributed by atoms with Gasteiger partial charge in [-0.25, -0.2) is 4.39 Å². The number of carbonyl (C=O) groups is 2. The van der Waals surface area contributed by atoms with E-state index in [1.54, 1.807) is 24.3 Å². The van der Waals surface area contributed by atoms with Crippen molar-refractivity contribution in [2.24, 2.45) is 0 Å². The Balaban J connectivity index is 1.93. The average Bonchev–Trinajstić information content (AvgIpc) is 2.46. The molecule has 2 aromatic carbocycles. The number of amides is 1. The number of aldehydes is 1. The third-order valence-corrected chi connectivity index (χ3v) is 3.18. The van der Waals surface area contributed by atoms with Crippen molar-refractivity contribution in [3.05, 3.63) is 58.3 Å². The summed E-state index contributed by atoms with van der Waals surface area (Å²) in [5.74, 6) is -0.400. The Labute approximate surface area is 129 Å². The molecule has 0 aliphatic carbocycles. The van der Waals surface area contributed by atoms with Crippen molar-refractivity contribution in [3.63, 3.8) is 0 Å². The van der Waals surface area contributed by atoms with E-state index < -0.39 is 11.7 Å². The van der Waals surface area contributed by atoms with Gasteiger partial charge in [0.15, 0.2) is 6.61 Å². The first-order valence-electron chi connectivity index (χ1n) is 6.01. The molecule has 2 rings (SSSR count). The number of rotatable bonds is 5. The van der Waals surface area contributed by atoms with Crippen LogP contribution in [0.2, 0.25) is 0 Å². The van der Waals surface area contributed by atoms with Gasteiger partial charge in [0.1, 0.15) is 17.9 Å². The Bertz CT molecular complexity index is 676. The van der Waals surface area contributed by atoms with Gasteiger partial charge < -0.3 is 10.1 Å². The summed E-state index contributed by atoms with van der Waals surface area (Å²) in [6.07, 6.45) is 0.713. The van der Waals surface area contributed by atoms with E-state index in [0.717, 1.165) is 0 Å². The quantitative estimate of drug-likeness (QED) is 0.839. The van der Waals surface area contributed by atoms with Crippen LogP contribution in [0.5, 0.6) is 5.75 Å². The van der Waals surface area contributed by atoms with Crippen LogP contribution < -0.4 is 10.1 Å². The molecule has 0 radical (unpaired) electrons. The van der Waals surface area contributed by atoms with E-state index in [2.05, 4.69) is 21.2 Å². The van der Waals surface area contributed by atoms with Crippen molar-refractivity contribution in [1.29, 1.82) is 0 Å². The Morgan fingerprint density at radius 1 is 1.29 bits per heavy atom. The topological polar surface area (TPSA) is 55.4 Å². The first-order chi connectivity index (χ1) is 10.1. The maximum Gasteiger partial charge on any atom is 0.262 e. The highest BCUT2D eigenvalue weighted by Crippen LogP contribution is 2.25. The molecular formula is C15H11BrFNO3. The summed E-state index contributed by atoms with van der Waals surface area (Å²) in [6.45, 7) is -0.227. The minimum Gasteiger partial charge on any atom is -0.483 e. The second-order valence-electron chi connectivity index (χ2n) is 4.15. The smallest absolute Gasteiger partial charge is 0.262 e. The van der Waals surface area contributed by atoms with Crippen molar-refractivity contribution in [1.82, 2.24) is 0 Å². The molecule has 21 heavy (non-hydrogen) atoms. The summed E-state index contributed by atoms with van der Waals surface area (Å²) in [5, 5.41) is 2.52. The zero-order chi connectivity index (χ0) is 15.2. The van der Waals surface area contributed by atoms with Gasteiger partial charge in [0.2, 0.25) is 0 Å². The molecule has 0 spiro atoms. The highest BCUT2D eigenvalue weighted by molar-refractivity contribution is 9.10. The zero-order valence-electron chi connectivity index (χ0n) is 10.8. The second-order valence-corrected chi connectivity index (χ2v) is 5.01. The molecular weight excluding hydrogens is 341 g/mol. The van der Waals surface area contributed by atoms with Crippen molar-refractivity contribution in [2.45, 2.75) is 0 Å². The van der Waals surface area contributed by atoms with Crippen LogP contribution in [0.1, 0.15) is 10.4 Å². The molecule has 0 aliphatic rings. The maximum absolute atomic E-state index is 13.0. The molecule has 0 bridgehead atoms. The third-order valence-electron chi connectivity index (χ3n) is 2.56. The highest BCUT2D eigenvalue weighted by atomic mass is 79.9. The van der Waals surface area contributed by atoms with E-state index in [-0.39, 0.29) is 6.61 Å². The molecule has 2 aromatic rings. The average molecular weight is 352 g/mol. The van der Waals surface area contributed by atoms with Crippen LogP contribution in [-0.2, 0) is 4.79 Å². The number of carbonyl (C=O) groups excluding carboxylic acids is 2. The van der Waals surface area contributed by atoms with Gasteiger partial charge in [-0.3, -0.25) is 9.59 Å². The summed E-state index contributed by atoms with van der Waals surface area (Å²) in [5.41, 5.74) is 0.859. The molecule has 1 N–H and O–H groups in total. The molecule has 0 heterocycles. The number of halogens is 2. The molecule has 6 heteroatoms. The fourth-order valence-corrected chi connectivity index (χ4v) is 2.13. The van der Waals surface area contributed by atoms with E-state index in [9.17, 15) is 14.0 Å². The predicted octanol–water partition coefficient (Wildman–Crippen LogP) is 3.42. The number of nitrogens with one attached hydrogen (secondary N) is 1. The summed E-state index contributed by atoms with van der Waals surface area (Å²) in [7, 11) is 0. The van der Waals surface area contributed by atoms with Gasteiger partial charge in [0.05, 0.1) is 4.47 Å². The molecule has 4 nitrogen and oxygen atoms in total. The van der Waals surface area contributed by atoms with Gasteiger partial charge in [0, 0.05) is 11.3 Å². The number of anilines is 1. The van der Waals surface area contributed by atoms with Crippen LogP contribution >= 0.6 is 15.9 Å². The lowest BCUT2D eigenvalue weighted by Gasteiger charge is -2.09. The summed E-state index contributed by atoms with van der Waals surface area (Å²) < 4.78 is 18.9. The lowest BCUT2D eigenvalue weighted by atomic mass is 10.2. The SMILES string of the molecule is O=Cc1ccc(OCC(=O)Nc2cccc(F)c2)c(Br)c1. The van der Waals surface area contributed by atoms with Gasteiger partial charge in [-0.05, 0) is 52.3 Å². The molecule has 0 atom stereocenters. The van der Waals surface area contributed by atoms with Crippen molar-refractivity contribution >= 4 is 33.8 Å². The van der Waals surface area contributed by atoms with Crippen LogP contribution in [0.25, 0.3) is 0 Å². The molecule has 0 unspecified atom stereocenters. The van der Waals surface area contributed by atoms with E-state index in [4.69, 9.17) is 4.74 Å². The third kappa shape index (κ3) is 4.39. The molecule has 0 saturated heterocycles. The fraction of sp³-hybridized carbons (Fsp3) is 0.0667. The van der Waals surface area contributed by atoms with Crippen LogP contribution in [0.3, 0.4) is 0 Å². The van der Waals surface area contributed by atoms with Crippen molar-refractivity contribution in [3.8, 4) is 5.75 Å². The minimum atomic E-state index is -0.430. The summed E-state index contributed by atoms with van der Waals surface area (Å²) in [4.78, 5) is 22.3. The zero-order valence-corrected chi connectivity index (χ0v) is 12.4. The van der Waals surface area contributed by atoms with Crippen LogP contribution in [-0.4, -0.2) is 18.8 Å². The molecule has 0 fully saturated rings. The van der Waals surface area contributed by atoms with Gasteiger partial charge in [-0.1, -0.05) is 6.07 Å². The van der Waals surface area contributed by atoms with Gasteiger partial charge in [-0.2, -0.15) is 0 Å². The Hall–Kier alpha value is -2.21. The van der Waals surface area contributed by atoms with Crippen LogP contribution in [0, 0.1) is 5.82 Å². The fourth-order valence-electron chi connectivity index (χ4n) is 1.61. The van der Waals surface area contributed by atoms with E-state index >= 15 is 0 Å². The Morgan fingerprint density at radius 3 is 2.76 bits per heavy atom. The van der Waals surface area contributed by atoms with Crippen LogP contribution in [0.15, 0.2) is 46.9 Å². The number of hydrogen-bond acceptors (Lipinski definition) is 3. The normalized spacial score (nSPS) is 10.0. The summed E-state index contributed by atoms with van der Waals surface area (Å²) >= 11 is 3.25. The van der Waals surface area contributed by atoms with E-state index in [1.807, 2.05) is 0 Å². The Kier molecular flexibility index (Phi) is 5.05. The van der Waals surface area contributed by atoms with Gasteiger partial charge in [-0.15, -0.1) is 0 Å². The predicted molar refractivity (Wildman–Crippen MR) is 80.1 cm³/mol. The first-order valence-corrected chi connectivity index (χ1v) is 6.81. The minimum absolute atomic E-state index is 0.227. The number of benzene rings is 2. The first kappa shape index (κ1) is 15.2. The molecule has 0 saturated carbocycles. The van der Waals surface area contributed by atoms with Crippen molar-refractivity contribution < 1.29 is 18.7 Å². The maximum atomic E-state index is 13.0. The van der Waals surface area contributed by atoms with E-state index in [1.165, 1.54) is 18.2 Å². The Morgan fingerprint density at radius 2 is 2.10 bits per heavy atom. The molecule has 1 amide bonds. The summed E-state index contributed by atoms with van der Waals surface area (Å²) in [6, 6.07) is 10.3. The highest BCUT2D eigenvalue weighted by Gasteiger charge is 2.07. The standard InChI is InChI=1S/C15H11BrFNO3/c16-13-6-10(8-19)4-5-14(13)21-9-15(20)18-12-3-1-2-11(17)7-12/h1-8H,9H2,(H,18,20). The monoisotopic (exact) mass is 351 g/mol. The van der Waals surface area contributed by atoms with E-state index in [0.29, 0.717) is 27.8 Å². The molecule has 0 aliphatic heterocycles. The number of hydrogen-bond donors (Lipinski definition) is 1. The van der Waals surface area contributed by atoms with Crippen LogP contribution in [0.4, 0.5) is 10.1 Å². The van der Waals surface area contributed by atoms with Crippen molar-refractivity contribution in [2.75, 3.05) is 11.9 Å². The number of ether oxygens (including phenoxy) is 1. The molecule has 108 valence electrons. The largest absolute Gasteiger partial charge is 0.483 e. The lowest BCUT2D eigenvalue weighted by molar-refractivity contribution is -0.118. The second kappa shape index (κ2) is 6.99. The molecule has 0 aromatic heterocycles. The lowest BCUT2D eigenvalue weighted by Crippen LogP contribution is -2.20. The van der Waals surface area contributed by atoms with Gasteiger partial charge >= 0.3 is 0 Å².